The molecular formula is C13H16N2S. The van der Waals surface area contributed by atoms with Crippen LogP contribution in [-0.2, 0) is 0 Å². The molecule has 1 aliphatic heterocycles. The number of thioether (sulfide) groups is 1. The van der Waals surface area contributed by atoms with Crippen LogP contribution >= 0.6 is 11.8 Å². The van der Waals surface area contributed by atoms with Crippen LogP contribution in [0.3, 0.4) is 0 Å². The summed E-state index contributed by atoms with van der Waals surface area (Å²) in [6.07, 6.45) is 2.66. The monoisotopic (exact) mass is 232 g/mol. The fourth-order valence-corrected chi connectivity index (χ4v) is 3.27. The summed E-state index contributed by atoms with van der Waals surface area (Å²) in [5.41, 5.74) is 1.24. The number of fused-ring (bicyclic) bond motifs is 1. The fraction of sp³-hybridized carbons (Fsp3) is 0.385. The first-order chi connectivity index (χ1) is 7.92. The van der Waals surface area contributed by atoms with E-state index in [1.165, 1.54) is 41.1 Å². The van der Waals surface area contributed by atoms with Crippen molar-refractivity contribution in [2.45, 2.75) is 23.9 Å². The molecule has 0 saturated carbocycles. The molecule has 0 unspecified atom stereocenters. The van der Waals surface area contributed by atoms with Crippen molar-refractivity contribution in [2.75, 3.05) is 12.3 Å². The van der Waals surface area contributed by atoms with Crippen molar-refractivity contribution in [3.8, 4) is 0 Å². The van der Waals surface area contributed by atoms with Crippen LogP contribution in [-0.4, -0.2) is 23.3 Å². The maximum Gasteiger partial charge on any atom is 0.0733 e. The van der Waals surface area contributed by atoms with Gasteiger partial charge in [-0.3, -0.25) is 0 Å². The average molecular weight is 232 g/mol. The zero-order valence-corrected chi connectivity index (χ0v) is 10.0. The minimum atomic E-state index is 0.705. The van der Waals surface area contributed by atoms with Gasteiger partial charge in [0.1, 0.15) is 0 Å². The van der Waals surface area contributed by atoms with Gasteiger partial charge in [0.05, 0.1) is 5.03 Å². The lowest BCUT2D eigenvalue weighted by molar-refractivity contribution is 0.674. The van der Waals surface area contributed by atoms with Gasteiger partial charge in [-0.05, 0) is 31.5 Å². The van der Waals surface area contributed by atoms with Crippen LogP contribution in [0.15, 0.2) is 35.4 Å². The van der Waals surface area contributed by atoms with Crippen LogP contribution in [0.1, 0.15) is 12.8 Å². The van der Waals surface area contributed by atoms with Crippen LogP contribution in [0.25, 0.3) is 10.9 Å². The lowest BCUT2D eigenvalue weighted by Crippen LogP contribution is -2.23. The minimum absolute atomic E-state index is 0.705. The van der Waals surface area contributed by atoms with E-state index in [4.69, 9.17) is 0 Å². The molecule has 3 rings (SSSR count). The predicted molar refractivity (Wildman–Crippen MR) is 70.0 cm³/mol. The summed E-state index contributed by atoms with van der Waals surface area (Å²) in [6, 6.07) is 11.4. The quantitative estimate of drug-likeness (QED) is 0.796. The molecule has 2 nitrogen and oxygen atoms in total. The van der Waals surface area contributed by atoms with Crippen LogP contribution in [0, 0.1) is 0 Å². The molecular weight excluding hydrogens is 216 g/mol. The van der Waals surface area contributed by atoms with Gasteiger partial charge in [-0.2, -0.15) is 0 Å². The first-order valence-corrected chi connectivity index (χ1v) is 6.84. The molecule has 1 aliphatic rings. The highest BCUT2D eigenvalue weighted by atomic mass is 32.2. The van der Waals surface area contributed by atoms with E-state index in [1.807, 2.05) is 11.8 Å². The third-order valence-corrected chi connectivity index (χ3v) is 4.21. The number of aromatic amines is 1. The third-order valence-electron chi connectivity index (χ3n) is 3.11. The van der Waals surface area contributed by atoms with Gasteiger partial charge in [0, 0.05) is 22.7 Å². The number of rotatable bonds is 3. The second-order valence-electron chi connectivity index (χ2n) is 4.33. The second-order valence-corrected chi connectivity index (χ2v) is 5.39. The molecule has 0 radical (unpaired) electrons. The van der Waals surface area contributed by atoms with Crippen molar-refractivity contribution in [1.82, 2.24) is 10.3 Å². The maximum atomic E-state index is 3.53. The standard InChI is InChI=1S/C13H16N2S/c1-2-6-12-10(4-1)8-13(15-12)16-9-11-5-3-7-14-11/h1-2,4,6,8,11,14-15H,3,5,7,9H2/t11-/m0/s1. The summed E-state index contributed by atoms with van der Waals surface area (Å²) in [6.45, 7) is 1.19. The second kappa shape index (κ2) is 4.52. The Hall–Kier alpha value is -0.930. The molecule has 2 aromatic rings. The Morgan fingerprint density at radius 1 is 1.31 bits per heavy atom. The van der Waals surface area contributed by atoms with E-state index < -0.39 is 0 Å². The Bertz CT molecular complexity index is 438. The Balaban J connectivity index is 1.69. The Morgan fingerprint density at radius 3 is 3.06 bits per heavy atom. The van der Waals surface area contributed by atoms with Gasteiger partial charge < -0.3 is 10.3 Å². The SMILES string of the molecule is c1ccc2[nH]c(SC[C@@H]3CCCN3)cc2c1. The lowest BCUT2D eigenvalue weighted by atomic mass is 10.3. The molecule has 1 aromatic carbocycles. The number of benzene rings is 1. The molecule has 1 fully saturated rings. The van der Waals surface area contributed by atoms with E-state index in [0.29, 0.717) is 6.04 Å². The summed E-state index contributed by atoms with van der Waals surface area (Å²) in [5, 5.41) is 6.12. The van der Waals surface area contributed by atoms with Crippen LogP contribution in [0.4, 0.5) is 0 Å². The third kappa shape index (κ3) is 2.11. The molecule has 2 heterocycles. The van der Waals surface area contributed by atoms with Crippen molar-refractivity contribution in [2.24, 2.45) is 0 Å². The first-order valence-electron chi connectivity index (χ1n) is 5.86. The van der Waals surface area contributed by atoms with Crippen molar-refractivity contribution in [3.63, 3.8) is 0 Å². The Labute approximate surface area is 99.8 Å². The summed E-state index contributed by atoms with van der Waals surface area (Å²) >= 11 is 1.93. The first kappa shape index (κ1) is 10.2. The number of para-hydroxylation sites is 1. The van der Waals surface area contributed by atoms with Gasteiger partial charge in [-0.15, -0.1) is 11.8 Å². The van der Waals surface area contributed by atoms with Crippen molar-refractivity contribution >= 4 is 22.7 Å². The van der Waals surface area contributed by atoms with Crippen molar-refractivity contribution in [1.29, 1.82) is 0 Å². The summed E-state index contributed by atoms with van der Waals surface area (Å²) in [4.78, 5) is 3.45. The van der Waals surface area contributed by atoms with E-state index in [1.54, 1.807) is 0 Å². The molecule has 1 atom stereocenters. The highest BCUT2D eigenvalue weighted by Gasteiger charge is 2.14. The largest absolute Gasteiger partial charge is 0.350 e. The van der Waals surface area contributed by atoms with E-state index in [0.717, 1.165) is 0 Å². The van der Waals surface area contributed by atoms with Gasteiger partial charge in [-0.25, -0.2) is 0 Å². The van der Waals surface area contributed by atoms with Gasteiger partial charge >= 0.3 is 0 Å². The van der Waals surface area contributed by atoms with Crippen molar-refractivity contribution in [3.05, 3.63) is 30.3 Å². The van der Waals surface area contributed by atoms with E-state index in [9.17, 15) is 0 Å². The van der Waals surface area contributed by atoms with Crippen LogP contribution in [0.5, 0.6) is 0 Å². The van der Waals surface area contributed by atoms with E-state index >= 15 is 0 Å². The fourth-order valence-electron chi connectivity index (χ4n) is 2.21. The number of H-pyrrole nitrogens is 1. The van der Waals surface area contributed by atoms with E-state index in [-0.39, 0.29) is 0 Å². The normalized spacial score (nSPS) is 20.6. The molecule has 0 spiro atoms. The predicted octanol–water partition coefficient (Wildman–Crippen LogP) is 3.01. The minimum Gasteiger partial charge on any atom is -0.350 e. The highest BCUT2D eigenvalue weighted by Crippen LogP contribution is 2.24. The summed E-state index contributed by atoms with van der Waals surface area (Å²) < 4.78 is 0. The molecule has 0 bridgehead atoms. The average Bonchev–Trinajstić information content (AvgIpc) is 2.95. The molecule has 0 amide bonds. The van der Waals surface area contributed by atoms with Gasteiger partial charge in [0.25, 0.3) is 0 Å². The highest BCUT2D eigenvalue weighted by molar-refractivity contribution is 7.99. The molecule has 16 heavy (non-hydrogen) atoms. The number of hydrogen-bond acceptors (Lipinski definition) is 2. The van der Waals surface area contributed by atoms with Crippen LogP contribution < -0.4 is 5.32 Å². The maximum absolute atomic E-state index is 3.53. The number of aromatic nitrogens is 1. The molecule has 1 saturated heterocycles. The molecule has 2 N–H and O–H groups in total. The Morgan fingerprint density at radius 2 is 2.25 bits per heavy atom. The Kier molecular flexibility index (Phi) is 2.89. The van der Waals surface area contributed by atoms with Gasteiger partial charge in [0.2, 0.25) is 0 Å². The van der Waals surface area contributed by atoms with Crippen LogP contribution in [0.2, 0.25) is 0 Å². The molecule has 3 heteroatoms. The summed E-state index contributed by atoms with van der Waals surface area (Å²) in [7, 11) is 0. The van der Waals surface area contributed by atoms with Gasteiger partial charge in [0.15, 0.2) is 0 Å². The number of hydrogen-bond donors (Lipinski definition) is 2. The topological polar surface area (TPSA) is 27.8 Å². The zero-order chi connectivity index (χ0) is 10.8. The van der Waals surface area contributed by atoms with E-state index in [2.05, 4.69) is 40.6 Å². The lowest BCUT2D eigenvalue weighted by Gasteiger charge is -2.07. The molecule has 1 aromatic heterocycles. The van der Waals surface area contributed by atoms with Crippen molar-refractivity contribution < 1.29 is 0 Å². The van der Waals surface area contributed by atoms with Gasteiger partial charge in [-0.1, -0.05) is 18.2 Å². The smallest absolute Gasteiger partial charge is 0.0733 e. The molecule has 84 valence electrons. The molecule has 0 aliphatic carbocycles. The summed E-state index contributed by atoms with van der Waals surface area (Å²) in [5.74, 6) is 1.17. The zero-order valence-electron chi connectivity index (χ0n) is 9.20. The number of nitrogens with one attached hydrogen (secondary N) is 2.